The number of ether oxygens (including phenoxy) is 3. The predicted octanol–water partition coefficient (Wildman–Crippen LogP) is 2.40. The Bertz CT molecular complexity index is 477. The van der Waals surface area contributed by atoms with Gasteiger partial charge in [0.1, 0.15) is 12.2 Å². The summed E-state index contributed by atoms with van der Waals surface area (Å²) in [5, 5.41) is 0. The van der Waals surface area contributed by atoms with Crippen LogP contribution in [0.15, 0.2) is 18.2 Å². The van der Waals surface area contributed by atoms with Crippen molar-refractivity contribution in [1.29, 1.82) is 0 Å². The Morgan fingerprint density at radius 2 is 2.00 bits per heavy atom. The van der Waals surface area contributed by atoms with Gasteiger partial charge in [-0.15, -0.1) is 0 Å². The Hall–Kier alpha value is -1.96. The van der Waals surface area contributed by atoms with Gasteiger partial charge < -0.3 is 19.9 Å². The fourth-order valence-corrected chi connectivity index (χ4v) is 1.53. The highest BCUT2D eigenvalue weighted by molar-refractivity contribution is 5.94. The number of nitrogen functional groups attached to an aromatic ring is 1. The molecule has 21 heavy (non-hydrogen) atoms. The molecule has 0 fully saturated rings. The number of benzene rings is 1. The number of nitrogens with two attached hydrogens (primary N) is 1. The number of rotatable bonds is 7. The number of esters is 1. The molecule has 0 unspecified atom stereocenters. The fraction of sp³-hybridized carbons (Fsp3) is 0.462. The van der Waals surface area contributed by atoms with E-state index in [2.05, 4.69) is 4.74 Å². The standard InChI is InChI=1S/C13H16F3NO4/c1-19-11-9(4-2-5-10(11)17)12(18)21-7-3-6-20-8-13(14,15)16/h2,4-5H,3,6-8,17H2,1H3. The first-order valence-electron chi connectivity index (χ1n) is 6.09. The third-order valence-corrected chi connectivity index (χ3v) is 2.40. The lowest BCUT2D eigenvalue weighted by Crippen LogP contribution is -2.18. The lowest BCUT2D eigenvalue weighted by atomic mass is 10.2. The van der Waals surface area contributed by atoms with Crippen LogP contribution in [0.4, 0.5) is 18.9 Å². The zero-order valence-corrected chi connectivity index (χ0v) is 11.4. The lowest BCUT2D eigenvalue weighted by molar-refractivity contribution is -0.174. The van der Waals surface area contributed by atoms with Gasteiger partial charge in [0, 0.05) is 6.42 Å². The summed E-state index contributed by atoms with van der Waals surface area (Å²) in [5.41, 5.74) is 6.10. The summed E-state index contributed by atoms with van der Waals surface area (Å²) in [6.07, 6.45) is -4.20. The van der Waals surface area contributed by atoms with Gasteiger partial charge in [-0.2, -0.15) is 13.2 Å². The molecule has 0 spiro atoms. The summed E-state index contributed by atoms with van der Waals surface area (Å²) in [4.78, 5) is 11.8. The summed E-state index contributed by atoms with van der Waals surface area (Å²) < 4.78 is 49.7. The molecule has 0 saturated carbocycles. The number of para-hydroxylation sites is 1. The summed E-state index contributed by atoms with van der Waals surface area (Å²) in [6.45, 7) is -1.53. The van der Waals surface area contributed by atoms with E-state index in [1.165, 1.54) is 13.2 Å². The average Bonchev–Trinajstić information content (AvgIpc) is 2.41. The van der Waals surface area contributed by atoms with Gasteiger partial charge in [-0.1, -0.05) is 6.07 Å². The smallest absolute Gasteiger partial charge is 0.411 e. The van der Waals surface area contributed by atoms with Crippen LogP contribution >= 0.6 is 0 Å². The van der Waals surface area contributed by atoms with E-state index in [1.807, 2.05) is 0 Å². The molecule has 0 heterocycles. The number of hydrogen-bond acceptors (Lipinski definition) is 5. The number of methoxy groups -OCH3 is 1. The van der Waals surface area contributed by atoms with Gasteiger partial charge in [0.15, 0.2) is 5.75 Å². The number of anilines is 1. The summed E-state index contributed by atoms with van der Waals surface area (Å²) in [7, 11) is 1.37. The molecule has 0 atom stereocenters. The summed E-state index contributed by atoms with van der Waals surface area (Å²) in [5.74, 6) is -0.453. The molecule has 1 aromatic rings. The Labute approximate surface area is 119 Å². The topological polar surface area (TPSA) is 70.8 Å². The van der Waals surface area contributed by atoms with Crippen LogP contribution in [-0.2, 0) is 9.47 Å². The van der Waals surface area contributed by atoms with Gasteiger partial charge >= 0.3 is 12.1 Å². The van der Waals surface area contributed by atoms with E-state index in [0.29, 0.717) is 5.69 Å². The molecule has 0 aromatic heterocycles. The second kappa shape index (κ2) is 7.72. The van der Waals surface area contributed by atoms with Gasteiger partial charge in [-0.05, 0) is 12.1 Å². The molecule has 8 heteroatoms. The third kappa shape index (κ3) is 5.90. The van der Waals surface area contributed by atoms with Crippen LogP contribution in [0.5, 0.6) is 5.75 Å². The molecule has 0 amide bonds. The van der Waals surface area contributed by atoms with Crippen molar-refractivity contribution in [3.05, 3.63) is 23.8 Å². The van der Waals surface area contributed by atoms with E-state index in [9.17, 15) is 18.0 Å². The first-order valence-corrected chi connectivity index (χ1v) is 6.09. The molecular weight excluding hydrogens is 291 g/mol. The molecule has 0 bridgehead atoms. The Morgan fingerprint density at radius 3 is 2.62 bits per heavy atom. The average molecular weight is 307 g/mol. The van der Waals surface area contributed by atoms with E-state index < -0.39 is 18.8 Å². The minimum absolute atomic E-state index is 0.0609. The molecule has 1 aromatic carbocycles. The summed E-state index contributed by atoms with van der Waals surface area (Å²) in [6, 6.07) is 4.62. The van der Waals surface area contributed by atoms with E-state index in [0.717, 1.165) is 0 Å². The zero-order chi connectivity index (χ0) is 15.9. The Kier molecular flexibility index (Phi) is 6.29. The van der Waals surface area contributed by atoms with Crippen LogP contribution in [0.2, 0.25) is 0 Å². The van der Waals surface area contributed by atoms with Crippen LogP contribution in [-0.4, -0.2) is 39.1 Å². The molecule has 0 saturated heterocycles. The maximum Gasteiger partial charge on any atom is 0.411 e. The number of carbonyl (C=O) groups is 1. The highest BCUT2D eigenvalue weighted by Gasteiger charge is 2.27. The van der Waals surface area contributed by atoms with Crippen molar-refractivity contribution in [3.8, 4) is 5.75 Å². The molecule has 2 N–H and O–H groups in total. The van der Waals surface area contributed by atoms with Crippen LogP contribution in [0.1, 0.15) is 16.8 Å². The number of carbonyl (C=O) groups excluding carboxylic acids is 1. The molecular formula is C13H16F3NO4. The van der Waals surface area contributed by atoms with Crippen molar-refractivity contribution in [2.75, 3.05) is 32.7 Å². The SMILES string of the molecule is COc1c(N)cccc1C(=O)OCCCOCC(F)(F)F. The molecule has 118 valence electrons. The largest absolute Gasteiger partial charge is 0.494 e. The second-order valence-corrected chi connectivity index (χ2v) is 4.09. The fourth-order valence-electron chi connectivity index (χ4n) is 1.53. The van der Waals surface area contributed by atoms with E-state index in [-0.39, 0.29) is 30.9 Å². The normalized spacial score (nSPS) is 11.2. The quantitative estimate of drug-likeness (QED) is 0.476. The van der Waals surface area contributed by atoms with Crippen molar-refractivity contribution in [3.63, 3.8) is 0 Å². The molecule has 0 aliphatic carbocycles. The lowest BCUT2D eigenvalue weighted by Gasteiger charge is -2.11. The highest BCUT2D eigenvalue weighted by atomic mass is 19.4. The van der Waals surface area contributed by atoms with Crippen LogP contribution in [0.25, 0.3) is 0 Å². The highest BCUT2D eigenvalue weighted by Crippen LogP contribution is 2.26. The second-order valence-electron chi connectivity index (χ2n) is 4.09. The first-order chi connectivity index (χ1) is 9.85. The van der Waals surface area contributed by atoms with E-state index in [4.69, 9.17) is 15.2 Å². The monoisotopic (exact) mass is 307 g/mol. The molecule has 0 aliphatic rings. The van der Waals surface area contributed by atoms with Crippen LogP contribution in [0, 0.1) is 0 Å². The molecule has 1 rings (SSSR count). The van der Waals surface area contributed by atoms with Gasteiger partial charge in [0.2, 0.25) is 0 Å². The van der Waals surface area contributed by atoms with Gasteiger partial charge in [-0.3, -0.25) is 0 Å². The van der Waals surface area contributed by atoms with E-state index >= 15 is 0 Å². The minimum atomic E-state index is -4.36. The van der Waals surface area contributed by atoms with Crippen LogP contribution in [0.3, 0.4) is 0 Å². The van der Waals surface area contributed by atoms with Crippen molar-refractivity contribution >= 4 is 11.7 Å². The molecule has 0 radical (unpaired) electrons. The van der Waals surface area contributed by atoms with Crippen molar-refractivity contribution in [2.45, 2.75) is 12.6 Å². The van der Waals surface area contributed by atoms with Crippen molar-refractivity contribution < 1.29 is 32.2 Å². The van der Waals surface area contributed by atoms with Crippen LogP contribution < -0.4 is 10.5 Å². The molecule has 5 nitrogen and oxygen atoms in total. The molecule has 0 aliphatic heterocycles. The maximum atomic E-state index is 11.8. The Balaban J connectivity index is 2.37. The summed E-state index contributed by atoms with van der Waals surface area (Å²) >= 11 is 0. The zero-order valence-electron chi connectivity index (χ0n) is 11.4. The van der Waals surface area contributed by atoms with E-state index in [1.54, 1.807) is 12.1 Å². The maximum absolute atomic E-state index is 11.8. The van der Waals surface area contributed by atoms with Gasteiger partial charge in [-0.25, -0.2) is 4.79 Å². The predicted molar refractivity (Wildman–Crippen MR) is 69.2 cm³/mol. The Morgan fingerprint density at radius 1 is 1.29 bits per heavy atom. The van der Waals surface area contributed by atoms with Gasteiger partial charge in [0.05, 0.1) is 26.0 Å². The van der Waals surface area contributed by atoms with Crippen molar-refractivity contribution in [1.82, 2.24) is 0 Å². The third-order valence-electron chi connectivity index (χ3n) is 2.40. The number of hydrogen-bond donors (Lipinski definition) is 1. The van der Waals surface area contributed by atoms with Gasteiger partial charge in [0.25, 0.3) is 0 Å². The minimum Gasteiger partial charge on any atom is -0.494 e. The number of halogens is 3. The van der Waals surface area contributed by atoms with Crippen molar-refractivity contribution in [2.24, 2.45) is 0 Å². The first kappa shape index (κ1) is 17.1. The number of alkyl halides is 3.